The molecule has 1 aliphatic rings. The second kappa shape index (κ2) is 5.55. The van der Waals surface area contributed by atoms with E-state index in [4.69, 9.17) is 11.5 Å². The molecule has 0 aliphatic heterocycles. The van der Waals surface area contributed by atoms with Crippen LogP contribution in [-0.2, 0) is 6.67 Å². The molecule has 0 aromatic carbocycles. The Morgan fingerprint density at radius 3 is 3.05 bits per heavy atom. The maximum absolute atomic E-state index is 10.5. The minimum atomic E-state index is -0.959. The Morgan fingerprint density at radius 1 is 1.50 bits per heavy atom. The van der Waals surface area contributed by atoms with Gasteiger partial charge >= 0.3 is 0 Å². The van der Waals surface area contributed by atoms with E-state index in [1.807, 2.05) is 0 Å². The maximum Gasteiger partial charge on any atom is 0.209 e. The van der Waals surface area contributed by atoms with Crippen molar-refractivity contribution in [3.8, 4) is 11.8 Å². The molecule has 3 rings (SSSR count). The van der Waals surface area contributed by atoms with Gasteiger partial charge in [0.1, 0.15) is 11.1 Å². The molecule has 0 amide bonds. The summed E-state index contributed by atoms with van der Waals surface area (Å²) in [5.41, 5.74) is 11.6. The van der Waals surface area contributed by atoms with E-state index in [1.54, 1.807) is 10.9 Å². The van der Waals surface area contributed by atoms with E-state index in [1.165, 1.54) is 0 Å². The van der Waals surface area contributed by atoms with Crippen molar-refractivity contribution in [2.75, 3.05) is 5.73 Å². The number of hydrogen-bond donors (Lipinski definition) is 3. The molecule has 1 aliphatic carbocycles. The lowest BCUT2D eigenvalue weighted by Crippen LogP contribution is -2.32. The van der Waals surface area contributed by atoms with E-state index in [-0.39, 0.29) is 18.3 Å². The van der Waals surface area contributed by atoms with Gasteiger partial charge in [-0.2, -0.15) is 0 Å². The molecular weight excluding hydrogens is 280 g/mol. The van der Waals surface area contributed by atoms with Gasteiger partial charge in [0.15, 0.2) is 11.5 Å². The van der Waals surface area contributed by atoms with Crippen LogP contribution in [0, 0.1) is 17.8 Å². The molecule has 2 atom stereocenters. The highest BCUT2D eigenvalue weighted by Gasteiger charge is 2.30. The first-order chi connectivity index (χ1) is 10.5. The van der Waals surface area contributed by atoms with Crippen molar-refractivity contribution in [3.05, 3.63) is 12.2 Å². The first-order valence-corrected chi connectivity index (χ1v) is 7.45. The third-order valence-corrected chi connectivity index (χ3v) is 4.07. The fourth-order valence-corrected chi connectivity index (χ4v) is 2.96. The molecule has 5 N–H and O–H groups in total. The number of aliphatic hydroxyl groups is 1. The van der Waals surface area contributed by atoms with Crippen molar-refractivity contribution in [2.45, 2.75) is 44.9 Å². The molecule has 7 nitrogen and oxygen atoms in total. The number of fused-ring (bicyclic) bond motifs is 1. The van der Waals surface area contributed by atoms with Crippen molar-refractivity contribution in [1.82, 2.24) is 19.5 Å². The number of nitrogens with zero attached hydrogens (tertiary/aromatic N) is 4. The van der Waals surface area contributed by atoms with Crippen LogP contribution < -0.4 is 11.5 Å². The normalized spacial score (nSPS) is 25.0. The number of aromatic nitrogens is 4. The Kier molecular flexibility index (Phi) is 3.72. The van der Waals surface area contributed by atoms with Crippen LogP contribution in [0.25, 0.3) is 11.2 Å². The van der Waals surface area contributed by atoms with E-state index >= 15 is 0 Å². The fraction of sp³-hybridized carbons (Fsp3) is 0.533. The molecule has 0 bridgehead atoms. The first kappa shape index (κ1) is 14.8. The second-order valence-electron chi connectivity index (χ2n) is 5.98. The molecule has 1 saturated carbocycles. The molecule has 1 fully saturated rings. The molecule has 0 spiro atoms. The zero-order chi connectivity index (χ0) is 15.7. The summed E-state index contributed by atoms with van der Waals surface area (Å²) >= 11 is 0. The Bertz CT molecular complexity index is 758. The Labute approximate surface area is 128 Å². The first-order valence-electron chi connectivity index (χ1n) is 7.45. The molecule has 22 heavy (non-hydrogen) atoms. The average molecular weight is 300 g/mol. The molecule has 116 valence electrons. The molecule has 7 heteroatoms. The summed E-state index contributed by atoms with van der Waals surface area (Å²) in [4.78, 5) is 12.6. The predicted octanol–water partition coefficient (Wildman–Crippen LogP) is 0.617. The van der Waals surface area contributed by atoms with Crippen LogP contribution in [0.2, 0.25) is 0 Å². The quantitative estimate of drug-likeness (QED) is 0.665. The Balaban J connectivity index is 1.96. The lowest BCUT2D eigenvalue weighted by atomic mass is 9.79. The molecule has 0 saturated heterocycles. The summed E-state index contributed by atoms with van der Waals surface area (Å²) in [6.45, 7) is 2.38. The summed E-state index contributed by atoms with van der Waals surface area (Å²) in [7, 11) is 0. The summed E-state index contributed by atoms with van der Waals surface area (Å²) in [6, 6.07) is 0. The standard InChI is InChI=1S/C15H20N6O/c1-10-3-2-5-15(22,7-10)6-4-11-19-13(17)12-14(20-11)21(8-16)9-18-12/h9-10,22H,2-3,5,7-8,16H2,1H3,(H2,17,19,20)/t10-,15-/m1/s1. The Morgan fingerprint density at radius 2 is 2.32 bits per heavy atom. The van der Waals surface area contributed by atoms with Crippen LogP contribution in [0.1, 0.15) is 38.4 Å². The molecule has 2 heterocycles. The second-order valence-corrected chi connectivity index (χ2v) is 5.98. The topological polar surface area (TPSA) is 116 Å². The zero-order valence-corrected chi connectivity index (χ0v) is 12.6. The van der Waals surface area contributed by atoms with Crippen molar-refractivity contribution < 1.29 is 5.11 Å². The van der Waals surface area contributed by atoms with E-state index < -0.39 is 5.60 Å². The third kappa shape index (κ3) is 2.75. The summed E-state index contributed by atoms with van der Waals surface area (Å²) in [5, 5.41) is 10.5. The highest BCUT2D eigenvalue weighted by atomic mass is 16.3. The Hall–Kier alpha value is -2.17. The van der Waals surface area contributed by atoms with E-state index in [2.05, 4.69) is 33.7 Å². The van der Waals surface area contributed by atoms with Crippen molar-refractivity contribution in [1.29, 1.82) is 0 Å². The van der Waals surface area contributed by atoms with E-state index in [9.17, 15) is 5.11 Å². The fourth-order valence-electron chi connectivity index (χ4n) is 2.96. The molecule has 2 aromatic rings. The van der Waals surface area contributed by atoms with Crippen molar-refractivity contribution in [3.63, 3.8) is 0 Å². The van der Waals surface area contributed by atoms with Crippen molar-refractivity contribution >= 4 is 17.0 Å². The number of rotatable bonds is 1. The van der Waals surface area contributed by atoms with Crippen LogP contribution in [0.15, 0.2) is 6.33 Å². The predicted molar refractivity (Wildman–Crippen MR) is 83.4 cm³/mol. The molecule has 0 radical (unpaired) electrons. The maximum atomic E-state index is 10.5. The van der Waals surface area contributed by atoms with Gasteiger partial charge in [-0.25, -0.2) is 15.0 Å². The van der Waals surface area contributed by atoms with Crippen LogP contribution >= 0.6 is 0 Å². The highest BCUT2D eigenvalue weighted by Crippen LogP contribution is 2.31. The van der Waals surface area contributed by atoms with Gasteiger partial charge in [-0.3, -0.25) is 0 Å². The SMILES string of the molecule is C[C@@H]1CCC[C@@](O)(C#Cc2nc(N)c3ncn(CN)c3n2)C1. The van der Waals surface area contributed by atoms with E-state index in [0.29, 0.717) is 29.9 Å². The van der Waals surface area contributed by atoms with Gasteiger partial charge in [-0.1, -0.05) is 19.3 Å². The number of nitrogens with two attached hydrogens (primary N) is 2. The highest BCUT2D eigenvalue weighted by molar-refractivity contribution is 5.81. The van der Waals surface area contributed by atoms with Gasteiger partial charge < -0.3 is 21.1 Å². The minimum Gasteiger partial charge on any atom is -0.382 e. The molecular formula is C15H20N6O. The van der Waals surface area contributed by atoms with Gasteiger partial charge in [0.2, 0.25) is 5.82 Å². The van der Waals surface area contributed by atoms with Gasteiger partial charge in [0.25, 0.3) is 0 Å². The average Bonchev–Trinajstić information content (AvgIpc) is 2.88. The third-order valence-electron chi connectivity index (χ3n) is 4.07. The van der Waals surface area contributed by atoms with Crippen LogP contribution in [0.3, 0.4) is 0 Å². The molecule has 0 unspecified atom stereocenters. The van der Waals surface area contributed by atoms with E-state index in [0.717, 1.165) is 12.8 Å². The number of anilines is 1. The minimum absolute atomic E-state index is 0.251. The molecule has 2 aromatic heterocycles. The lowest BCUT2D eigenvalue weighted by molar-refractivity contribution is 0.0410. The summed E-state index contributed by atoms with van der Waals surface area (Å²) in [5.74, 6) is 6.82. The van der Waals surface area contributed by atoms with Crippen LogP contribution in [-0.4, -0.2) is 30.2 Å². The number of nitrogen functional groups attached to an aromatic ring is 1. The smallest absolute Gasteiger partial charge is 0.209 e. The summed E-state index contributed by atoms with van der Waals surface area (Å²) < 4.78 is 1.68. The van der Waals surface area contributed by atoms with Crippen LogP contribution in [0.4, 0.5) is 5.82 Å². The van der Waals surface area contributed by atoms with Crippen molar-refractivity contribution in [2.24, 2.45) is 11.7 Å². The van der Waals surface area contributed by atoms with Gasteiger partial charge in [-0.05, 0) is 31.1 Å². The van der Waals surface area contributed by atoms with Gasteiger partial charge in [-0.15, -0.1) is 0 Å². The number of imidazole rings is 1. The van der Waals surface area contributed by atoms with Gasteiger partial charge in [0, 0.05) is 0 Å². The monoisotopic (exact) mass is 300 g/mol. The lowest BCUT2D eigenvalue weighted by Gasteiger charge is -2.30. The zero-order valence-electron chi connectivity index (χ0n) is 12.6. The summed E-state index contributed by atoms with van der Waals surface area (Å²) in [6.07, 6.45) is 5.05. The van der Waals surface area contributed by atoms with Gasteiger partial charge in [0.05, 0.1) is 13.0 Å². The number of hydrogen-bond acceptors (Lipinski definition) is 6. The van der Waals surface area contributed by atoms with Crippen LogP contribution in [0.5, 0.6) is 0 Å². The largest absolute Gasteiger partial charge is 0.382 e.